The maximum Gasteiger partial charge on any atom is 0.274 e. The van der Waals surface area contributed by atoms with Gasteiger partial charge in [-0.25, -0.2) is 4.98 Å². The zero-order valence-electron chi connectivity index (χ0n) is 17.0. The number of H-pyrrole nitrogens is 1. The molecule has 4 heterocycles. The lowest BCUT2D eigenvalue weighted by Gasteiger charge is -2.34. The standard InChI is InChI=1S/C21H27N7O/c1-16(2)20-23-6-7-28(20)15-18-12-19(25-24-18)21(29)27-10-8-26(9-11-27)14-17-4-3-5-22-13-17/h3-7,12-13,16H,8-11,14-15H2,1-2H3,(H,24,25). The van der Waals surface area contributed by atoms with Gasteiger partial charge in [-0.05, 0) is 17.7 Å². The van der Waals surface area contributed by atoms with Crippen molar-refractivity contribution in [2.24, 2.45) is 0 Å². The second kappa shape index (κ2) is 8.57. The van der Waals surface area contributed by atoms with E-state index in [0.29, 0.717) is 31.2 Å². The summed E-state index contributed by atoms with van der Waals surface area (Å²) in [6, 6.07) is 5.90. The van der Waals surface area contributed by atoms with Gasteiger partial charge in [0.2, 0.25) is 0 Å². The Hall–Kier alpha value is -3.00. The van der Waals surface area contributed by atoms with E-state index < -0.39 is 0 Å². The largest absolute Gasteiger partial charge is 0.335 e. The molecule has 3 aromatic heterocycles. The van der Waals surface area contributed by atoms with Gasteiger partial charge < -0.3 is 9.47 Å². The normalized spacial score (nSPS) is 15.2. The van der Waals surface area contributed by atoms with Crippen LogP contribution in [0.3, 0.4) is 0 Å². The zero-order valence-corrected chi connectivity index (χ0v) is 17.0. The van der Waals surface area contributed by atoms with Crippen molar-refractivity contribution in [3.05, 3.63) is 65.8 Å². The second-order valence-corrected chi connectivity index (χ2v) is 7.78. The fourth-order valence-electron chi connectivity index (χ4n) is 3.71. The summed E-state index contributed by atoms with van der Waals surface area (Å²) in [5, 5.41) is 7.27. The number of rotatable bonds is 6. The average molecular weight is 393 g/mol. The van der Waals surface area contributed by atoms with E-state index >= 15 is 0 Å². The second-order valence-electron chi connectivity index (χ2n) is 7.78. The van der Waals surface area contributed by atoms with Crippen molar-refractivity contribution in [1.29, 1.82) is 0 Å². The molecule has 0 unspecified atom stereocenters. The number of nitrogens with one attached hydrogen (secondary N) is 1. The van der Waals surface area contributed by atoms with Crippen LogP contribution in [0.25, 0.3) is 0 Å². The van der Waals surface area contributed by atoms with E-state index in [4.69, 9.17) is 0 Å². The third-order valence-corrected chi connectivity index (χ3v) is 5.24. The maximum absolute atomic E-state index is 12.9. The number of carbonyl (C=O) groups excluding carboxylic acids is 1. The highest BCUT2D eigenvalue weighted by Crippen LogP contribution is 2.15. The first kappa shape index (κ1) is 19.3. The van der Waals surface area contributed by atoms with Crippen LogP contribution < -0.4 is 0 Å². The van der Waals surface area contributed by atoms with Crippen molar-refractivity contribution >= 4 is 5.91 Å². The van der Waals surface area contributed by atoms with Crippen LogP contribution in [0.2, 0.25) is 0 Å². The molecule has 0 aromatic carbocycles. The lowest BCUT2D eigenvalue weighted by Crippen LogP contribution is -2.48. The van der Waals surface area contributed by atoms with Gasteiger partial charge in [-0.3, -0.25) is 19.8 Å². The zero-order chi connectivity index (χ0) is 20.2. The molecule has 0 bridgehead atoms. The molecule has 4 rings (SSSR count). The highest BCUT2D eigenvalue weighted by Gasteiger charge is 2.24. The predicted molar refractivity (Wildman–Crippen MR) is 109 cm³/mol. The highest BCUT2D eigenvalue weighted by molar-refractivity contribution is 5.92. The van der Waals surface area contributed by atoms with Crippen molar-refractivity contribution in [1.82, 2.24) is 34.5 Å². The van der Waals surface area contributed by atoms with Crippen LogP contribution >= 0.6 is 0 Å². The summed E-state index contributed by atoms with van der Waals surface area (Å²) in [5.74, 6) is 1.36. The molecule has 0 radical (unpaired) electrons. The van der Waals surface area contributed by atoms with Crippen LogP contribution in [0.1, 0.15) is 47.3 Å². The third kappa shape index (κ3) is 4.54. The SMILES string of the molecule is CC(C)c1nccn1Cc1cc(C(=O)N2CCN(Cc3cccnc3)CC2)n[nH]1. The summed E-state index contributed by atoms with van der Waals surface area (Å²) >= 11 is 0. The molecule has 8 heteroatoms. The minimum atomic E-state index is -0.0109. The van der Waals surface area contributed by atoms with Crippen molar-refractivity contribution in [2.75, 3.05) is 26.2 Å². The molecule has 1 amide bonds. The van der Waals surface area contributed by atoms with Crippen molar-refractivity contribution < 1.29 is 4.79 Å². The average Bonchev–Trinajstić information content (AvgIpc) is 3.39. The van der Waals surface area contributed by atoms with Crippen LogP contribution in [0.5, 0.6) is 0 Å². The Morgan fingerprint density at radius 1 is 1.17 bits per heavy atom. The maximum atomic E-state index is 12.9. The van der Waals surface area contributed by atoms with Gasteiger partial charge in [0.25, 0.3) is 5.91 Å². The van der Waals surface area contributed by atoms with E-state index in [2.05, 4.69) is 49.5 Å². The van der Waals surface area contributed by atoms with Crippen LogP contribution in [0, 0.1) is 0 Å². The molecule has 152 valence electrons. The Morgan fingerprint density at radius 3 is 2.72 bits per heavy atom. The lowest BCUT2D eigenvalue weighted by molar-refractivity contribution is 0.0622. The molecular weight excluding hydrogens is 366 g/mol. The summed E-state index contributed by atoms with van der Waals surface area (Å²) in [6.07, 6.45) is 7.45. The number of nitrogens with zero attached hydrogens (tertiary/aromatic N) is 6. The molecule has 0 atom stereocenters. The quantitative estimate of drug-likeness (QED) is 0.694. The molecular formula is C21H27N7O. The topological polar surface area (TPSA) is 82.9 Å². The monoisotopic (exact) mass is 393 g/mol. The van der Waals surface area contributed by atoms with Crippen LogP contribution in [-0.4, -0.2) is 66.6 Å². The number of aromatic nitrogens is 5. The number of carbonyl (C=O) groups is 1. The van der Waals surface area contributed by atoms with E-state index in [0.717, 1.165) is 31.2 Å². The third-order valence-electron chi connectivity index (χ3n) is 5.24. The van der Waals surface area contributed by atoms with E-state index in [1.807, 2.05) is 35.6 Å². The summed E-state index contributed by atoms with van der Waals surface area (Å²) in [4.78, 5) is 25.7. The molecule has 0 spiro atoms. The number of aromatic amines is 1. The van der Waals surface area contributed by atoms with Gasteiger partial charge in [0.15, 0.2) is 0 Å². The molecule has 29 heavy (non-hydrogen) atoms. The Kier molecular flexibility index (Phi) is 5.71. The molecule has 1 saturated heterocycles. The first-order chi connectivity index (χ1) is 14.1. The first-order valence-corrected chi connectivity index (χ1v) is 10.1. The Balaban J connectivity index is 1.33. The molecule has 1 fully saturated rings. The smallest absolute Gasteiger partial charge is 0.274 e. The van der Waals surface area contributed by atoms with Crippen molar-refractivity contribution in [3.63, 3.8) is 0 Å². The Bertz CT molecular complexity index is 939. The van der Waals surface area contributed by atoms with Crippen molar-refractivity contribution in [3.8, 4) is 0 Å². The van der Waals surface area contributed by atoms with Gasteiger partial charge in [0.05, 0.1) is 12.2 Å². The van der Waals surface area contributed by atoms with Crippen molar-refractivity contribution in [2.45, 2.75) is 32.9 Å². The number of hydrogen-bond acceptors (Lipinski definition) is 5. The fourth-order valence-corrected chi connectivity index (χ4v) is 3.71. The molecule has 1 N–H and O–H groups in total. The summed E-state index contributed by atoms with van der Waals surface area (Å²) in [7, 11) is 0. The van der Waals surface area contributed by atoms with Gasteiger partial charge in [0, 0.05) is 63.4 Å². The van der Waals surface area contributed by atoms with Crippen LogP contribution in [0.4, 0.5) is 0 Å². The number of hydrogen-bond donors (Lipinski definition) is 1. The minimum absolute atomic E-state index is 0.0109. The fraction of sp³-hybridized carbons (Fsp3) is 0.429. The summed E-state index contributed by atoms with van der Waals surface area (Å²) in [5.41, 5.74) is 2.58. The molecule has 0 aliphatic carbocycles. The number of piperazine rings is 1. The predicted octanol–water partition coefficient (Wildman–Crippen LogP) is 2.13. The molecule has 1 aliphatic heterocycles. The molecule has 8 nitrogen and oxygen atoms in total. The first-order valence-electron chi connectivity index (χ1n) is 10.1. The van der Waals surface area contributed by atoms with Crippen LogP contribution in [0.15, 0.2) is 43.0 Å². The highest BCUT2D eigenvalue weighted by atomic mass is 16.2. The minimum Gasteiger partial charge on any atom is -0.335 e. The molecule has 1 aliphatic rings. The Morgan fingerprint density at radius 2 is 2.00 bits per heavy atom. The summed E-state index contributed by atoms with van der Waals surface area (Å²) < 4.78 is 2.09. The van der Waals surface area contributed by atoms with Crippen LogP contribution in [-0.2, 0) is 13.1 Å². The van der Waals surface area contributed by atoms with E-state index in [9.17, 15) is 4.79 Å². The molecule has 0 saturated carbocycles. The Labute approximate surface area is 170 Å². The van der Waals surface area contributed by atoms with Gasteiger partial charge in [-0.15, -0.1) is 0 Å². The van der Waals surface area contributed by atoms with E-state index in [1.165, 1.54) is 5.56 Å². The molecule has 3 aromatic rings. The number of pyridine rings is 1. The van der Waals surface area contributed by atoms with E-state index in [1.54, 1.807) is 6.20 Å². The van der Waals surface area contributed by atoms with Gasteiger partial charge in [0.1, 0.15) is 11.5 Å². The lowest BCUT2D eigenvalue weighted by atomic mass is 10.2. The number of imidazole rings is 1. The summed E-state index contributed by atoms with van der Waals surface area (Å²) in [6.45, 7) is 8.86. The van der Waals surface area contributed by atoms with Gasteiger partial charge >= 0.3 is 0 Å². The number of amides is 1. The van der Waals surface area contributed by atoms with Gasteiger partial charge in [-0.2, -0.15) is 5.10 Å². The van der Waals surface area contributed by atoms with E-state index in [-0.39, 0.29) is 5.91 Å². The van der Waals surface area contributed by atoms with Gasteiger partial charge in [-0.1, -0.05) is 19.9 Å².